The number of benzene rings is 1. The Morgan fingerprint density at radius 3 is 2.52 bits per heavy atom. The highest BCUT2D eigenvalue weighted by Crippen LogP contribution is 2.34. The molecule has 1 saturated carbocycles. The van der Waals surface area contributed by atoms with Crippen molar-refractivity contribution in [3.8, 4) is 0 Å². The molecule has 0 saturated heterocycles. The van der Waals surface area contributed by atoms with Crippen LogP contribution < -0.4 is 5.32 Å². The number of carboxylic acid groups (broad SMARTS) is 1. The van der Waals surface area contributed by atoms with Crippen LogP contribution in [-0.2, 0) is 20.7 Å². The first-order chi connectivity index (χ1) is 14.7. The van der Waals surface area contributed by atoms with Crippen LogP contribution in [0.1, 0.15) is 24.8 Å². The minimum atomic E-state index is -1.19. The van der Waals surface area contributed by atoms with E-state index in [-0.39, 0.29) is 12.8 Å². The Morgan fingerprint density at radius 1 is 1.23 bits per heavy atom. The summed E-state index contributed by atoms with van der Waals surface area (Å²) >= 11 is 12.8. The zero-order valence-electron chi connectivity index (χ0n) is 17.9. The molecule has 3 N–H and O–H groups in total. The van der Waals surface area contributed by atoms with Crippen molar-refractivity contribution in [1.29, 1.82) is 0 Å². The Kier molecular flexibility index (Phi) is 10.5. The summed E-state index contributed by atoms with van der Waals surface area (Å²) in [6, 6.07) is 7.91. The van der Waals surface area contributed by atoms with Crippen molar-refractivity contribution >= 4 is 35.1 Å². The van der Waals surface area contributed by atoms with Crippen LogP contribution in [0, 0.1) is 5.92 Å². The standard InChI is InChI=1S/C22H32Cl2N2O5/c1-26(2)10-6-7-11-31-20-16(23)13-15(19(27)18(20)24)21(28)25-17(22(29)30)12-14-8-4-3-5-9-14/h3-5,8-9,15-20,27H,6-7,10-13H2,1-2H3,(H,25,28)(H,29,30)/t15?,16?,17-,18?,19?,20?/m0/s1. The van der Waals surface area contributed by atoms with Crippen LogP contribution in [0.4, 0.5) is 0 Å². The number of halogens is 2. The number of carbonyl (C=O) groups is 2. The Bertz CT molecular complexity index is 706. The van der Waals surface area contributed by atoms with E-state index in [2.05, 4.69) is 10.2 Å². The number of unbranched alkanes of at least 4 members (excludes halogenated alkanes) is 1. The lowest BCUT2D eigenvalue weighted by atomic mass is 9.83. The molecule has 174 valence electrons. The van der Waals surface area contributed by atoms with Crippen LogP contribution in [-0.4, -0.2) is 83.2 Å². The van der Waals surface area contributed by atoms with Gasteiger partial charge >= 0.3 is 5.97 Å². The van der Waals surface area contributed by atoms with Crippen molar-refractivity contribution in [1.82, 2.24) is 10.2 Å². The van der Waals surface area contributed by atoms with Gasteiger partial charge in [-0.05, 0) is 45.5 Å². The molecule has 5 unspecified atom stereocenters. The average Bonchev–Trinajstić information content (AvgIpc) is 2.72. The molecule has 31 heavy (non-hydrogen) atoms. The first-order valence-corrected chi connectivity index (χ1v) is 11.4. The van der Waals surface area contributed by atoms with E-state index in [1.807, 2.05) is 20.2 Å². The predicted molar refractivity (Wildman–Crippen MR) is 121 cm³/mol. The first-order valence-electron chi connectivity index (χ1n) is 10.5. The summed E-state index contributed by atoms with van der Waals surface area (Å²) in [5.41, 5.74) is 0.785. The Balaban J connectivity index is 1.92. The third-order valence-corrected chi connectivity index (χ3v) is 6.36. The molecule has 6 atom stereocenters. The maximum Gasteiger partial charge on any atom is 0.326 e. The molecule has 1 aromatic rings. The minimum absolute atomic E-state index is 0.137. The number of amides is 1. The zero-order chi connectivity index (χ0) is 23.0. The van der Waals surface area contributed by atoms with E-state index >= 15 is 0 Å². The third-order valence-electron chi connectivity index (χ3n) is 5.43. The number of aliphatic carboxylic acids is 1. The fourth-order valence-corrected chi connectivity index (χ4v) is 4.59. The molecule has 1 aromatic carbocycles. The molecular weight excluding hydrogens is 443 g/mol. The van der Waals surface area contributed by atoms with E-state index in [1.54, 1.807) is 24.3 Å². The van der Waals surface area contributed by atoms with Gasteiger partial charge in [0.2, 0.25) is 5.91 Å². The number of ether oxygens (including phenoxy) is 1. The number of carbonyl (C=O) groups excluding carboxylic acids is 1. The van der Waals surface area contributed by atoms with Gasteiger partial charge in [0.1, 0.15) is 6.04 Å². The fourth-order valence-electron chi connectivity index (χ4n) is 3.67. The SMILES string of the molecule is CN(C)CCCCOC1C(Cl)CC(C(=O)N[C@@H](Cc2ccccc2)C(=O)O)C(O)C1Cl. The third kappa shape index (κ3) is 7.91. The topological polar surface area (TPSA) is 99.1 Å². The molecule has 0 radical (unpaired) electrons. The number of alkyl halides is 2. The molecule has 1 aliphatic carbocycles. The van der Waals surface area contributed by atoms with E-state index in [0.29, 0.717) is 6.61 Å². The van der Waals surface area contributed by atoms with Crippen LogP contribution in [0.25, 0.3) is 0 Å². The van der Waals surface area contributed by atoms with Crippen molar-refractivity contribution in [3.05, 3.63) is 35.9 Å². The molecule has 1 amide bonds. The van der Waals surface area contributed by atoms with E-state index < -0.39 is 46.8 Å². The zero-order valence-corrected chi connectivity index (χ0v) is 19.4. The number of hydrogen-bond acceptors (Lipinski definition) is 5. The monoisotopic (exact) mass is 474 g/mol. The number of aliphatic hydroxyl groups is 1. The second kappa shape index (κ2) is 12.6. The molecule has 0 bridgehead atoms. The molecule has 1 fully saturated rings. The number of hydrogen-bond donors (Lipinski definition) is 3. The van der Waals surface area contributed by atoms with Gasteiger partial charge in [0.25, 0.3) is 0 Å². The molecule has 9 heteroatoms. The molecular formula is C22H32Cl2N2O5. The molecule has 7 nitrogen and oxygen atoms in total. The Labute approximate surface area is 193 Å². The van der Waals surface area contributed by atoms with Gasteiger partial charge in [0.15, 0.2) is 0 Å². The number of aliphatic hydroxyl groups excluding tert-OH is 1. The lowest BCUT2D eigenvalue weighted by Gasteiger charge is -2.39. The summed E-state index contributed by atoms with van der Waals surface area (Å²) in [6.07, 6.45) is 0.318. The summed E-state index contributed by atoms with van der Waals surface area (Å²) in [4.78, 5) is 26.5. The maximum absolute atomic E-state index is 12.8. The highest BCUT2D eigenvalue weighted by Gasteiger charge is 2.46. The summed E-state index contributed by atoms with van der Waals surface area (Å²) in [6.45, 7) is 1.41. The van der Waals surface area contributed by atoms with E-state index in [0.717, 1.165) is 24.9 Å². The summed E-state index contributed by atoms with van der Waals surface area (Å²) in [5.74, 6) is -2.63. The van der Waals surface area contributed by atoms with Crippen molar-refractivity contribution < 1.29 is 24.5 Å². The lowest BCUT2D eigenvalue weighted by molar-refractivity contribution is -0.144. The van der Waals surface area contributed by atoms with Crippen LogP contribution in [0.5, 0.6) is 0 Å². The number of nitrogens with zero attached hydrogens (tertiary/aromatic N) is 1. The quantitative estimate of drug-likeness (QED) is 0.335. The van der Waals surface area contributed by atoms with Crippen LogP contribution in [0.2, 0.25) is 0 Å². The second-order valence-corrected chi connectivity index (χ2v) is 9.29. The van der Waals surface area contributed by atoms with Gasteiger partial charge < -0.3 is 25.2 Å². The molecule has 1 aliphatic rings. The van der Waals surface area contributed by atoms with Crippen LogP contribution in [0.15, 0.2) is 30.3 Å². The largest absolute Gasteiger partial charge is 0.480 e. The van der Waals surface area contributed by atoms with Gasteiger partial charge in [-0.25, -0.2) is 4.79 Å². The number of nitrogens with one attached hydrogen (secondary N) is 1. The summed E-state index contributed by atoms with van der Waals surface area (Å²) in [5, 5.41) is 21.2. The second-order valence-electron chi connectivity index (χ2n) is 8.23. The van der Waals surface area contributed by atoms with Crippen molar-refractivity contribution in [2.24, 2.45) is 5.92 Å². The predicted octanol–water partition coefficient (Wildman–Crippen LogP) is 2.12. The van der Waals surface area contributed by atoms with E-state index in [4.69, 9.17) is 27.9 Å². The lowest BCUT2D eigenvalue weighted by Crippen LogP contribution is -2.56. The summed E-state index contributed by atoms with van der Waals surface area (Å²) in [7, 11) is 4.00. The average molecular weight is 475 g/mol. The van der Waals surface area contributed by atoms with Gasteiger partial charge in [-0.3, -0.25) is 4.79 Å². The Hall–Kier alpha value is -1.38. The maximum atomic E-state index is 12.8. The molecule has 0 heterocycles. The number of carboxylic acids is 1. The van der Waals surface area contributed by atoms with Crippen LogP contribution >= 0.6 is 23.2 Å². The van der Waals surface area contributed by atoms with Gasteiger partial charge in [-0.2, -0.15) is 0 Å². The fraction of sp³-hybridized carbons (Fsp3) is 0.636. The first kappa shape index (κ1) is 25.9. The molecule has 2 rings (SSSR count). The van der Waals surface area contributed by atoms with Crippen molar-refractivity contribution in [2.75, 3.05) is 27.2 Å². The normalized spacial score (nSPS) is 27.1. The van der Waals surface area contributed by atoms with Gasteiger partial charge in [-0.15, -0.1) is 23.2 Å². The van der Waals surface area contributed by atoms with E-state index in [9.17, 15) is 19.8 Å². The highest BCUT2D eigenvalue weighted by atomic mass is 35.5. The van der Waals surface area contributed by atoms with Gasteiger partial charge in [0, 0.05) is 13.0 Å². The highest BCUT2D eigenvalue weighted by molar-refractivity contribution is 6.25. The molecule has 0 spiro atoms. The van der Waals surface area contributed by atoms with E-state index in [1.165, 1.54) is 0 Å². The molecule has 0 aliphatic heterocycles. The number of rotatable bonds is 11. The van der Waals surface area contributed by atoms with Crippen LogP contribution in [0.3, 0.4) is 0 Å². The van der Waals surface area contributed by atoms with Crippen molar-refractivity contribution in [3.63, 3.8) is 0 Å². The van der Waals surface area contributed by atoms with Gasteiger partial charge in [0.05, 0.1) is 28.9 Å². The summed E-state index contributed by atoms with van der Waals surface area (Å²) < 4.78 is 5.82. The Morgan fingerprint density at radius 2 is 1.90 bits per heavy atom. The molecule has 0 aromatic heterocycles. The minimum Gasteiger partial charge on any atom is -0.480 e. The van der Waals surface area contributed by atoms with Gasteiger partial charge in [-0.1, -0.05) is 30.3 Å². The van der Waals surface area contributed by atoms with Crippen molar-refractivity contribution in [2.45, 2.75) is 54.7 Å². The smallest absolute Gasteiger partial charge is 0.326 e.